The largest absolute Gasteiger partial charge is 0.247 e. The monoisotopic (exact) mass is 356 g/mol. The Morgan fingerprint density at radius 3 is 2.04 bits per heavy atom. The lowest BCUT2D eigenvalue weighted by atomic mass is 9.97. The number of rotatable bonds is 2. The second kappa shape index (κ2) is 6.64. The molecule has 2 heteroatoms. The molecule has 130 valence electrons. The first kappa shape index (κ1) is 16.2. The van der Waals surface area contributed by atoms with E-state index in [1.807, 2.05) is 30.3 Å². The molecule has 0 atom stereocenters. The third-order valence-electron chi connectivity index (χ3n) is 5.09. The van der Waals surface area contributed by atoms with Gasteiger partial charge in [0.15, 0.2) is 0 Å². The van der Waals surface area contributed by atoms with E-state index in [9.17, 15) is 0 Å². The van der Waals surface area contributed by atoms with Gasteiger partial charge in [0.05, 0.1) is 22.8 Å². The Balaban J connectivity index is 1.73. The van der Waals surface area contributed by atoms with Gasteiger partial charge in [-0.25, -0.2) is 4.98 Å². The quantitative estimate of drug-likeness (QED) is 0.334. The van der Waals surface area contributed by atoms with Crippen LogP contribution in [0.1, 0.15) is 5.56 Å². The molecule has 5 aromatic rings. The number of aromatic nitrogens is 1. The summed E-state index contributed by atoms with van der Waals surface area (Å²) in [5.74, 6) is 0. The van der Waals surface area contributed by atoms with Crippen LogP contribution in [0.5, 0.6) is 0 Å². The average Bonchev–Trinajstić information content (AvgIpc) is 2.79. The van der Waals surface area contributed by atoms with Gasteiger partial charge in [0, 0.05) is 16.3 Å². The van der Waals surface area contributed by atoms with Gasteiger partial charge in [0.1, 0.15) is 0 Å². The van der Waals surface area contributed by atoms with Crippen molar-refractivity contribution in [2.45, 2.75) is 0 Å². The van der Waals surface area contributed by atoms with Gasteiger partial charge in [0.25, 0.3) is 0 Å². The molecule has 0 aliphatic heterocycles. The number of nitrogens with zero attached hydrogens (tertiary/aromatic N) is 2. The van der Waals surface area contributed by atoms with Crippen LogP contribution in [0, 0.1) is 11.3 Å². The van der Waals surface area contributed by atoms with Crippen LogP contribution < -0.4 is 0 Å². The molecule has 0 N–H and O–H groups in total. The molecule has 0 unspecified atom stereocenters. The van der Waals surface area contributed by atoms with Crippen molar-refractivity contribution in [3.8, 4) is 28.5 Å². The minimum absolute atomic E-state index is 0.669. The van der Waals surface area contributed by atoms with E-state index in [0.29, 0.717) is 5.56 Å². The first-order valence-corrected chi connectivity index (χ1v) is 9.22. The van der Waals surface area contributed by atoms with E-state index in [0.717, 1.165) is 33.3 Å². The normalized spacial score (nSPS) is 10.8. The second-order valence-electron chi connectivity index (χ2n) is 6.79. The maximum Gasteiger partial charge on any atom is 0.0991 e. The number of pyridine rings is 1. The lowest BCUT2D eigenvalue weighted by Crippen LogP contribution is -1.90. The van der Waals surface area contributed by atoms with Crippen molar-refractivity contribution in [3.63, 3.8) is 0 Å². The Kier molecular flexibility index (Phi) is 3.85. The molecule has 0 radical (unpaired) electrons. The maximum absolute atomic E-state index is 9.02. The third kappa shape index (κ3) is 2.71. The highest BCUT2D eigenvalue weighted by molar-refractivity contribution is 6.10. The van der Waals surface area contributed by atoms with E-state index in [1.165, 1.54) is 10.8 Å². The zero-order valence-corrected chi connectivity index (χ0v) is 15.1. The number of nitriles is 1. The van der Waals surface area contributed by atoms with Gasteiger partial charge in [0.2, 0.25) is 0 Å². The molecular formula is C26H16N2. The van der Waals surface area contributed by atoms with Gasteiger partial charge in [-0.2, -0.15) is 5.26 Å². The second-order valence-corrected chi connectivity index (χ2v) is 6.79. The van der Waals surface area contributed by atoms with Crippen molar-refractivity contribution in [1.29, 1.82) is 5.26 Å². The molecule has 0 saturated heterocycles. The molecule has 0 aliphatic carbocycles. The summed E-state index contributed by atoms with van der Waals surface area (Å²) in [7, 11) is 0. The molecule has 0 aliphatic rings. The molecule has 0 amide bonds. The SMILES string of the molecule is N#Cc1ccc(-c2cccc(-c3nc4ccccc4c4ccccc34)c2)cc1. The first-order chi connectivity index (χ1) is 13.8. The molecule has 0 spiro atoms. The molecular weight excluding hydrogens is 340 g/mol. The fourth-order valence-electron chi connectivity index (χ4n) is 3.71. The molecule has 28 heavy (non-hydrogen) atoms. The molecule has 2 nitrogen and oxygen atoms in total. The summed E-state index contributed by atoms with van der Waals surface area (Å²) in [6.07, 6.45) is 0. The first-order valence-electron chi connectivity index (χ1n) is 9.22. The van der Waals surface area contributed by atoms with E-state index in [-0.39, 0.29) is 0 Å². The van der Waals surface area contributed by atoms with Crippen molar-refractivity contribution in [2.24, 2.45) is 0 Å². The molecule has 0 fully saturated rings. The topological polar surface area (TPSA) is 36.7 Å². The summed E-state index contributed by atoms with van der Waals surface area (Å²) in [5.41, 5.74) is 5.95. The van der Waals surface area contributed by atoms with Crippen LogP contribution in [0.3, 0.4) is 0 Å². The summed E-state index contributed by atoms with van der Waals surface area (Å²) in [4.78, 5) is 4.99. The van der Waals surface area contributed by atoms with Gasteiger partial charge < -0.3 is 0 Å². The van der Waals surface area contributed by atoms with Gasteiger partial charge >= 0.3 is 0 Å². The van der Waals surface area contributed by atoms with Crippen LogP contribution in [0.25, 0.3) is 44.1 Å². The molecule has 5 rings (SSSR count). The Morgan fingerprint density at radius 1 is 0.571 bits per heavy atom. The fourth-order valence-corrected chi connectivity index (χ4v) is 3.71. The van der Waals surface area contributed by atoms with E-state index >= 15 is 0 Å². The zero-order chi connectivity index (χ0) is 18.9. The predicted molar refractivity (Wildman–Crippen MR) is 115 cm³/mol. The number of para-hydroxylation sites is 1. The number of benzene rings is 4. The van der Waals surface area contributed by atoms with Gasteiger partial charge in [-0.1, -0.05) is 72.8 Å². The summed E-state index contributed by atoms with van der Waals surface area (Å²) in [6, 6.07) is 35.0. The fraction of sp³-hybridized carbons (Fsp3) is 0. The summed E-state index contributed by atoms with van der Waals surface area (Å²) in [5, 5.41) is 12.6. The summed E-state index contributed by atoms with van der Waals surface area (Å²) >= 11 is 0. The lowest BCUT2D eigenvalue weighted by molar-refractivity contribution is 1.42. The van der Waals surface area contributed by atoms with E-state index in [4.69, 9.17) is 10.2 Å². The molecule has 0 bridgehead atoms. The predicted octanol–water partition coefficient (Wildman–Crippen LogP) is 6.59. The van der Waals surface area contributed by atoms with Crippen molar-refractivity contribution in [2.75, 3.05) is 0 Å². The van der Waals surface area contributed by atoms with Crippen LogP contribution in [-0.4, -0.2) is 4.98 Å². The summed E-state index contributed by atoms with van der Waals surface area (Å²) < 4.78 is 0. The van der Waals surface area contributed by atoms with Crippen molar-refractivity contribution < 1.29 is 0 Å². The Morgan fingerprint density at radius 2 is 1.25 bits per heavy atom. The van der Waals surface area contributed by atoms with Crippen molar-refractivity contribution in [3.05, 3.63) is 103 Å². The lowest BCUT2D eigenvalue weighted by Gasteiger charge is -2.11. The van der Waals surface area contributed by atoms with Crippen LogP contribution in [0.4, 0.5) is 0 Å². The Hall–Kier alpha value is -3.96. The number of fused-ring (bicyclic) bond motifs is 3. The molecule has 1 aromatic heterocycles. The van der Waals surface area contributed by atoms with Gasteiger partial charge in [-0.05, 0) is 40.8 Å². The van der Waals surface area contributed by atoms with E-state index in [2.05, 4.69) is 72.8 Å². The minimum atomic E-state index is 0.669. The highest BCUT2D eigenvalue weighted by Crippen LogP contribution is 2.34. The highest BCUT2D eigenvalue weighted by atomic mass is 14.7. The Labute approximate surface area is 163 Å². The zero-order valence-electron chi connectivity index (χ0n) is 15.1. The van der Waals surface area contributed by atoms with Crippen molar-refractivity contribution in [1.82, 2.24) is 4.98 Å². The van der Waals surface area contributed by atoms with E-state index < -0.39 is 0 Å². The highest BCUT2D eigenvalue weighted by Gasteiger charge is 2.10. The van der Waals surface area contributed by atoms with Crippen LogP contribution in [0.15, 0.2) is 97.1 Å². The standard InChI is InChI=1S/C26H16N2/c27-17-18-12-14-19(15-13-18)20-6-5-7-21(16-20)26-24-10-2-1-8-22(24)23-9-3-4-11-25(23)28-26/h1-16H. The minimum Gasteiger partial charge on any atom is -0.247 e. The third-order valence-corrected chi connectivity index (χ3v) is 5.09. The molecule has 1 heterocycles. The average molecular weight is 356 g/mol. The molecule has 4 aromatic carbocycles. The van der Waals surface area contributed by atoms with Crippen LogP contribution in [-0.2, 0) is 0 Å². The van der Waals surface area contributed by atoms with Gasteiger partial charge in [-0.15, -0.1) is 0 Å². The number of hydrogen-bond acceptors (Lipinski definition) is 2. The maximum atomic E-state index is 9.02. The van der Waals surface area contributed by atoms with Crippen LogP contribution in [0.2, 0.25) is 0 Å². The number of hydrogen-bond donors (Lipinski definition) is 0. The smallest absolute Gasteiger partial charge is 0.0991 e. The van der Waals surface area contributed by atoms with E-state index in [1.54, 1.807) is 0 Å². The Bertz CT molecular complexity index is 1360. The van der Waals surface area contributed by atoms with Crippen molar-refractivity contribution >= 4 is 21.7 Å². The molecule has 0 saturated carbocycles. The summed E-state index contributed by atoms with van der Waals surface area (Å²) in [6.45, 7) is 0. The van der Waals surface area contributed by atoms with Gasteiger partial charge in [-0.3, -0.25) is 0 Å². The van der Waals surface area contributed by atoms with Crippen LogP contribution >= 0.6 is 0 Å².